The van der Waals surface area contributed by atoms with E-state index in [1.54, 1.807) is 0 Å². The fourth-order valence-electron chi connectivity index (χ4n) is 6.98. The van der Waals surface area contributed by atoms with E-state index >= 15 is 0 Å². The number of fused-ring (bicyclic) bond motifs is 7. The summed E-state index contributed by atoms with van der Waals surface area (Å²) in [7, 11) is 0. The maximum Gasteiger partial charge on any atom is 0.141 e. The molecule has 2 aliphatic rings. The van der Waals surface area contributed by atoms with Gasteiger partial charge >= 0.3 is 0 Å². The Balaban J connectivity index is 1.36. The Hall–Kier alpha value is -5.54. The zero-order chi connectivity index (χ0) is 30.5. The van der Waals surface area contributed by atoms with Crippen molar-refractivity contribution in [1.82, 2.24) is 14.5 Å². The average Bonchev–Trinajstić information content (AvgIpc) is 3.48. The number of benzene rings is 4. The highest BCUT2D eigenvalue weighted by atomic mass is 15.1. The highest BCUT2D eigenvalue weighted by Crippen LogP contribution is 2.49. The van der Waals surface area contributed by atoms with Crippen molar-refractivity contribution < 1.29 is 0 Å². The molecule has 0 amide bonds. The molecule has 4 aromatic carbocycles. The van der Waals surface area contributed by atoms with Crippen LogP contribution in [0.4, 0.5) is 0 Å². The van der Waals surface area contributed by atoms with Gasteiger partial charge in [-0.15, -0.1) is 0 Å². The number of imidazole rings is 1. The molecule has 0 spiro atoms. The van der Waals surface area contributed by atoms with Crippen LogP contribution in [0, 0.1) is 5.41 Å². The molecular weight excluding hydrogens is 546 g/mol. The third kappa shape index (κ3) is 4.35. The second-order valence-corrected chi connectivity index (χ2v) is 12.2. The first-order chi connectivity index (χ1) is 22.1. The van der Waals surface area contributed by atoms with Gasteiger partial charge in [-0.1, -0.05) is 135 Å². The van der Waals surface area contributed by atoms with Gasteiger partial charge in [0.15, 0.2) is 0 Å². The van der Waals surface area contributed by atoms with Crippen molar-refractivity contribution in [2.45, 2.75) is 19.8 Å². The van der Waals surface area contributed by atoms with Gasteiger partial charge in [-0.3, -0.25) is 9.55 Å². The summed E-state index contributed by atoms with van der Waals surface area (Å²) in [6, 6.07) is 31.7. The molecule has 2 aliphatic carbocycles. The molecular formula is C42H33N3. The van der Waals surface area contributed by atoms with Crippen LogP contribution in [0.2, 0.25) is 0 Å². The van der Waals surface area contributed by atoms with Gasteiger partial charge < -0.3 is 0 Å². The predicted octanol–water partition coefficient (Wildman–Crippen LogP) is 10.6. The number of rotatable bonds is 5. The van der Waals surface area contributed by atoms with Gasteiger partial charge in [0.05, 0.1) is 22.2 Å². The van der Waals surface area contributed by atoms with Crippen molar-refractivity contribution in [3.8, 4) is 5.69 Å². The fourth-order valence-corrected chi connectivity index (χ4v) is 6.98. The van der Waals surface area contributed by atoms with Crippen LogP contribution in [0.25, 0.3) is 55.6 Å². The third-order valence-corrected chi connectivity index (χ3v) is 9.34. The van der Waals surface area contributed by atoms with Crippen molar-refractivity contribution >= 4 is 49.9 Å². The quantitative estimate of drug-likeness (QED) is 0.150. The molecule has 0 fully saturated rings. The summed E-state index contributed by atoms with van der Waals surface area (Å²) < 4.78 is 2.24. The van der Waals surface area contributed by atoms with Crippen LogP contribution in [0.1, 0.15) is 42.4 Å². The van der Waals surface area contributed by atoms with E-state index in [9.17, 15) is 0 Å². The van der Waals surface area contributed by atoms with Crippen LogP contribution < -0.4 is 0 Å². The van der Waals surface area contributed by atoms with Gasteiger partial charge in [0.2, 0.25) is 0 Å². The minimum Gasteiger partial charge on any atom is -0.293 e. The molecule has 6 aromatic rings. The lowest BCUT2D eigenvalue weighted by atomic mass is 9.67. The van der Waals surface area contributed by atoms with Gasteiger partial charge in [-0.25, -0.2) is 4.98 Å². The molecule has 45 heavy (non-hydrogen) atoms. The molecule has 0 aliphatic heterocycles. The smallest absolute Gasteiger partial charge is 0.141 e. The molecule has 2 heterocycles. The Bertz CT molecular complexity index is 2310. The topological polar surface area (TPSA) is 30.7 Å². The van der Waals surface area contributed by atoms with Crippen molar-refractivity contribution in [2.75, 3.05) is 0 Å². The molecule has 0 saturated heterocycles. The number of aromatic nitrogens is 3. The van der Waals surface area contributed by atoms with Gasteiger partial charge in [0, 0.05) is 38.9 Å². The standard InChI is InChI=1S/C42H33N3/c1-4-29(22-21-28(2)41-43-36-19-10-11-20-37(36)45(41)31-15-6-5-7-16-31)38-33-24-23-30-14-8-9-17-32(30)39(33)44-40-34(38)25-27-42(3)26-13-12-18-35(40)42/h4-27,35H,1H2,2-3H3/b28-21+,29-22+. The van der Waals surface area contributed by atoms with Gasteiger partial charge in [-0.05, 0) is 47.7 Å². The molecule has 2 aromatic heterocycles. The third-order valence-electron chi connectivity index (χ3n) is 9.34. The van der Waals surface area contributed by atoms with Gasteiger partial charge in [0.25, 0.3) is 0 Å². The SMILES string of the molecule is C=C/C(=C\C=C(/C)c1nc2ccccc2n1-c1ccccc1)c1c2c(nc3c1ccc1ccccc13)C1C=CC=CC1(C)C=C2. The highest BCUT2D eigenvalue weighted by molar-refractivity contribution is 6.11. The molecule has 2 atom stereocenters. The minimum atomic E-state index is -0.116. The summed E-state index contributed by atoms with van der Waals surface area (Å²) >= 11 is 0. The normalized spacial score (nSPS) is 19.3. The van der Waals surface area contributed by atoms with Crippen LogP contribution in [0.5, 0.6) is 0 Å². The predicted molar refractivity (Wildman–Crippen MR) is 190 cm³/mol. The van der Waals surface area contributed by atoms with E-state index in [0.717, 1.165) is 66.8 Å². The zero-order valence-electron chi connectivity index (χ0n) is 25.5. The molecule has 3 nitrogen and oxygen atoms in total. The first-order valence-corrected chi connectivity index (χ1v) is 15.5. The van der Waals surface area contributed by atoms with E-state index in [1.165, 1.54) is 5.39 Å². The first-order valence-electron chi connectivity index (χ1n) is 15.5. The van der Waals surface area contributed by atoms with E-state index in [0.29, 0.717) is 0 Å². The number of nitrogens with zero attached hydrogens (tertiary/aromatic N) is 3. The average molecular weight is 580 g/mol. The maximum absolute atomic E-state index is 5.44. The molecule has 2 unspecified atom stereocenters. The molecule has 8 rings (SSSR count). The summed E-state index contributed by atoms with van der Waals surface area (Å²) in [5.74, 6) is 1.07. The van der Waals surface area contributed by atoms with Gasteiger partial charge in [-0.2, -0.15) is 0 Å². The lowest BCUT2D eigenvalue weighted by Gasteiger charge is -2.37. The van der Waals surface area contributed by atoms with E-state index < -0.39 is 0 Å². The Kier molecular flexibility index (Phi) is 6.35. The van der Waals surface area contributed by atoms with Crippen molar-refractivity contribution in [3.63, 3.8) is 0 Å². The summed E-state index contributed by atoms with van der Waals surface area (Å²) in [6.45, 7) is 8.74. The van der Waals surface area contributed by atoms with Crippen molar-refractivity contribution in [1.29, 1.82) is 0 Å². The number of para-hydroxylation sites is 3. The van der Waals surface area contributed by atoms with Crippen molar-refractivity contribution in [3.05, 3.63) is 169 Å². The summed E-state index contributed by atoms with van der Waals surface area (Å²) in [6.07, 6.45) is 19.8. The molecule has 0 saturated carbocycles. The fraction of sp³-hybridized carbons (Fsp3) is 0.0952. The summed E-state index contributed by atoms with van der Waals surface area (Å²) in [4.78, 5) is 10.5. The largest absolute Gasteiger partial charge is 0.293 e. The molecule has 216 valence electrons. The second-order valence-electron chi connectivity index (χ2n) is 12.2. The Morgan fingerprint density at radius 2 is 1.62 bits per heavy atom. The number of allylic oxidation sites excluding steroid dienone is 10. The van der Waals surface area contributed by atoms with Gasteiger partial charge in [0.1, 0.15) is 5.82 Å². The van der Waals surface area contributed by atoms with Crippen LogP contribution in [-0.4, -0.2) is 14.5 Å². The molecule has 0 radical (unpaired) electrons. The van der Waals surface area contributed by atoms with Crippen LogP contribution in [0.3, 0.4) is 0 Å². The molecule has 0 N–H and O–H groups in total. The highest BCUT2D eigenvalue weighted by Gasteiger charge is 2.37. The molecule has 3 heteroatoms. The van der Waals surface area contributed by atoms with Crippen LogP contribution in [0.15, 0.2) is 146 Å². The zero-order valence-corrected chi connectivity index (χ0v) is 25.5. The van der Waals surface area contributed by atoms with Crippen molar-refractivity contribution in [2.24, 2.45) is 5.41 Å². The molecule has 0 bridgehead atoms. The number of hydrogen-bond acceptors (Lipinski definition) is 2. The number of pyridine rings is 1. The van der Waals surface area contributed by atoms with Crippen LogP contribution >= 0.6 is 0 Å². The Morgan fingerprint density at radius 1 is 0.822 bits per heavy atom. The van der Waals surface area contributed by atoms with Crippen LogP contribution in [-0.2, 0) is 0 Å². The summed E-state index contributed by atoms with van der Waals surface area (Å²) in [5, 5.41) is 3.48. The lowest BCUT2D eigenvalue weighted by molar-refractivity contribution is 0.472. The first kappa shape index (κ1) is 27.0. The minimum absolute atomic E-state index is 0.116. The Labute approximate surface area is 263 Å². The van der Waals surface area contributed by atoms with E-state index in [-0.39, 0.29) is 11.3 Å². The summed E-state index contributed by atoms with van der Waals surface area (Å²) in [5.41, 5.74) is 9.62. The maximum atomic E-state index is 5.44. The Morgan fingerprint density at radius 3 is 2.49 bits per heavy atom. The lowest BCUT2D eigenvalue weighted by Crippen LogP contribution is -2.26. The van der Waals surface area contributed by atoms with E-state index in [2.05, 4.69) is 152 Å². The number of hydrogen-bond donors (Lipinski definition) is 0. The van der Waals surface area contributed by atoms with E-state index in [1.807, 2.05) is 18.2 Å². The van der Waals surface area contributed by atoms with E-state index in [4.69, 9.17) is 9.97 Å². The monoisotopic (exact) mass is 579 g/mol. The second kappa shape index (κ2) is 10.6.